The van der Waals surface area contributed by atoms with E-state index in [0.29, 0.717) is 17.8 Å². The molecular formula is C15H12N4O2. The van der Waals surface area contributed by atoms with Crippen molar-refractivity contribution < 1.29 is 4.79 Å². The van der Waals surface area contributed by atoms with Gasteiger partial charge < -0.3 is 9.72 Å². The quantitative estimate of drug-likeness (QED) is 0.746. The van der Waals surface area contributed by atoms with E-state index in [2.05, 4.69) is 15.5 Å². The highest BCUT2D eigenvalue weighted by atomic mass is 16.3. The van der Waals surface area contributed by atoms with Crippen molar-refractivity contribution in [1.82, 2.24) is 14.7 Å². The Labute approximate surface area is 120 Å². The molecule has 104 valence electrons. The van der Waals surface area contributed by atoms with Gasteiger partial charge in [0.05, 0.1) is 5.56 Å². The molecule has 3 aromatic rings. The summed E-state index contributed by atoms with van der Waals surface area (Å²) in [6, 6.07) is 10.3. The molecule has 2 heterocycles. The van der Waals surface area contributed by atoms with Crippen LogP contribution in [0.4, 0.5) is 5.69 Å². The monoisotopic (exact) mass is 280 g/mol. The predicted octanol–water partition coefficient (Wildman–Crippen LogP) is 2.66. The molecule has 0 aliphatic heterocycles. The van der Waals surface area contributed by atoms with E-state index < -0.39 is 0 Å². The van der Waals surface area contributed by atoms with Crippen LogP contribution in [0.3, 0.4) is 0 Å². The molecule has 0 saturated carbocycles. The van der Waals surface area contributed by atoms with Crippen LogP contribution in [-0.2, 0) is 6.54 Å². The number of amides is 1. The molecule has 3 rings (SSSR count). The van der Waals surface area contributed by atoms with Crippen molar-refractivity contribution in [3.63, 3.8) is 0 Å². The molecule has 2 aromatic heterocycles. The molecule has 0 unspecified atom stereocenters. The Bertz CT molecular complexity index is 793. The van der Waals surface area contributed by atoms with Gasteiger partial charge in [-0.2, -0.15) is 0 Å². The number of pyridine rings is 1. The van der Waals surface area contributed by atoms with Crippen LogP contribution < -0.4 is 5.32 Å². The molecule has 0 fully saturated rings. The first-order valence-electron chi connectivity index (χ1n) is 6.39. The highest BCUT2D eigenvalue weighted by molar-refractivity contribution is 5.94. The van der Waals surface area contributed by atoms with E-state index in [1.165, 1.54) is 0 Å². The zero-order valence-electron chi connectivity index (χ0n) is 11.1. The van der Waals surface area contributed by atoms with E-state index in [4.69, 9.17) is 0 Å². The van der Waals surface area contributed by atoms with Crippen LogP contribution in [0, 0.1) is 4.91 Å². The zero-order chi connectivity index (χ0) is 14.7. The summed E-state index contributed by atoms with van der Waals surface area (Å²) in [5.74, 6) is -0.164. The summed E-state index contributed by atoms with van der Waals surface area (Å²) < 4.78 is 1.79. The lowest BCUT2D eigenvalue weighted by molar-refractivity contribution is 0.0950. The SMILES string of the molecule is O=Nc1ccc(CNC(=O)c2ccc3nccn3c2)cc1. The summed E-state index contributed by atoms with van der Waals surface area (Å²) in [5, 5.41) is 5.66. The third-order valence-corrected chi connectivity index (χ3v) is 3.15. The maximum atomic E-state index is 12.1. The molecule has 1 N–H and O–H groups in total. The van der Waals surface area contributed by atoms with E-state index >= 15 is 0 Å². The van der Waals surface area contributed by atoms with Gasteiger partial charge in [0.1, 0.15) is 11.3 Å². The second-order valence-corrected chi connectivity index (χ2v) is 4.55. The lowest BCUT2D eigenvalue weighted by Gasteiger charge is -2.06. The smallest absolute Gasteiger partial charge is 0.253 e. The fraction of sp³-hybridized carbons (Fsp3) is 0.0667. The Morgan fingerprint density at radius 2 is 2.00 bits per heavy atom. The Kier molecular flexibility index (Phi) is 3.42. The average Bonchev–Trinajstić information content (AvgIpc) is 3.00. The molecule has 0 bridgehead atoms. The minimum Gasteiger partial charge on any atom is -0.348 e. The largest absolute Gasteiger partial charge is 0.348 e. The summed E-state index contributed by atoms with van der Waals surface area (Å²) in [5.41, 5.74) is 2.63. The van der Waals surface area contributed by atoms with Gasteiger partial charge in [0.2, 0.25) is 0 Å². The first-order valence-corrected chi connectivity index (χ1v) is 6.39. The fourth-order valence-corrected chi connectivity index (χ4v) is 2.01. The summed E-state index contributed by atoms with van der Waals surface area (Å²) >= 11 is 0. The number of nitrogens with one attached hydrogen (secondary N) is 1. The van der Waals surface area contributed by atoms with Crippen LogP contribution in [0.1, 0.15) is 15.9 Å². The van der Waals surface area contributed by atoms with E-state index in [1.807, 2.05) is 0 Å². The van der Waals surface area contributed by atoms with E-state index in [1.54, 1.807) is 59.4 Å². The highest BCUT2D eigenvalue weighted by Gasteiger charge is 2.06. The van der Waals surface area contributed by atoms with Crippen LogP contribution in [-0.4, -0.2) is 15.3 Å². The molecule has 6 heteroatoms. The van der Waals surface area contributed by atoms with Gasteiger partial charge in [-0.25, -0.2) is 4.98 Å². The van der Waals surface area contributed by atoms with E-state index in [0.717, 1.165) is 11.2 Å². The van der Waals surface area contributed by atoms with Crippen LogP contribution in [0.2, 0.25) is 0 Å². The predicted molar refractivity (Wildman–Crippen MR) is 78.3 cm³/mol. The van der Waals surface area contributed by atoms with Crippen molar-refractivity contribution in [2.75, 3.05) is 0 Å². The van der Waals surface area contributed by atoms with Crippen molar-refractivity contribution in [2.24, 2.45) is 5.18 Å². The van der Waals surface area contributed by atoms with Gasteiger partial charge in [-0.15, -0.1) is 4.91 Å². The van der Waals surface area contributed by atoms with Gasteiger partial charge in [0.15, 0.2) is 0 Å². The fourth-order valence-electron chi connectivity index (χ4n) is 2.01. The number of nitroso groups, excluding NO2 is 1. The molecule has 21 heavy (non-hydrogen) atoms. The average molecular weight is 280 g/mol. The molecule has 0 radical (unpaired) electrons. The minimum atomic E-state index is -0.164. The maximum Gasteiger partial charge on any atom is 0.253 e. The number of aromatic nitrogens is 2. The summed E-state index contributed by atoms with van der Waals surface area (Å²) in [6.07, 6.45) is 5.20. The number of hydrogen-bond donors (Lipinski definition) is 1. The number of hydrogen-bond acceptors (Lipinski definition) is 4. The van der Waals surface area contributed by atoms with Crippen molar-refractivity contribution in [1.29, 1.82) is 0 Å². The van der Waals surface area contributed by atoms with Gasteiger partial charge in [-0.3, -0.25) is 4.79 Å². The van der Waals surface area contributed by atoms with Crippen LogP contribution in [0.5, 0.6) is 0 Å². The Hall–Kier alpha value is -3.02. The standard InChI is InChI=1S/C15H12N4O2/c20-15(12-3-6-14-16-7-8-19(14)10-12)17-9-11-1-4-13(18-21)5-2-11/h1-8,10H,9H2,(H,17,20). The molecule has 0 atom stereocenters. The van der Waals surface area contributed by atoms with Crippen LogP contribution in [0.15, 0.2) is 60.2 Å². The Morgan fingerprint density at radius 1 is 1.19 bits per heavy atom. The second kappa shape index (κ2) is 5.54. The van der Waals surface area contributed by atoms with Crippen molar-refractivity contribution in [3.05, 3.63) is 71.0 Å². The third kappa shape index (κ3) is 2.79. The summed E-state index contributed by atoms with van der Waals surface area (Å²) in [7, 11) is 0. The molecule has 0 saturated heterocycles. The van der Waals surface area contributed by atoms with Crippen molar-refractivity contribution in [3.8, 4) is 0 Å². The summed E-state index contributed by atoms with van der Waals surface area (Å²) in [6.45, 7) is 0.389. The Morgan fingerprint density at radius 3 is 2.76 bits per heavy atom. The number of carbonyl (C=O) groups is 1. The Balaban J connectivity index is 1.68. The molecular weight excluding hydrogens is 268 g/mol. The first kappa shape index (κ1) is 13.0. The van der Waals surface area contributed by atoms with Crippen molar-refractivity contribution in [2.45, 2.75) is 6.54 Å². The highest BCUT2D eigenvalue weighted by Crippen LogP contribution is 2.12. The minimum absolute atomic E-state index is 0.164. The molecule has 1 amide bonds. The number of imidazole rings is 1. The molecule has 0 aliphatic carbocycles. The molecule has 6 nitrogen and oxygen atoms in total. The lowest BCUT2D eigenvalue weighted by Crippen LogP contribution is -2.23. The van der Waals surface area contributed by atoms with Gasteiger partial charge in [-0.1, -0.05) is 12.1 Å². The van der Waals surface area contributed by atoms with Gasteiger partial charge in [0, 0.05) is 25.1 Å². The van der Waals surface area contributed by atoms with Crippen LogP contribution >= 0.6 is 0 Å². The first-order chi connectivity index (χ1) is 10.3. The second-order valence-electron chi connectivity index (χ2n) is 4.55. The number of fused-ring (bicyclic) bond motifs is 1. The number of carbonyl (C=O) groups excluding carboxylic acids is 1. The number of rotatable bonds is 4. The molecule has 1 aromatic carbocycles. The van der Waals surface area contributed by atoms with E-state index in [-0.39, 0.29) is 5.91 Å². The number of nitrogens with zero attached hydrogens (tertiary/aromatic N) is 3. The topological polar surface area (TPSA) is 75.8 Å². The zero-order valence-corrected chi connectivity index (χ0v) is 11.1. The third-order valence-electron chi connectivity index (χ3n) is 3.15. The van der Waals surface area contributed by atoms with Gasteiger partial charge >= 0.3 is 0 Å². The van der Waals surface area contributed by atoms with Gasteiger partial charge in [0.25, 0.3) is 5.91 Å². The number of benzene rings is 1. The lowest BCUT2D eigenvalue weighted by atomic mass is 10.2. The van der Waals surface area contributed by atoms with Crippen molar-refractivity contribution >= 4 is 17.2 Å². The normalized spacial score (nSPS) is 10.5. The maximum absolute atomic E-state index is 12.1. The molecule has 0 aliphatic rings. The summed E-state index contributed by atoms with van der Waals surface area (Å²) in [4.78, 5) is 26.5. The molecule has 0 spiro atoms. The van der Waals surface area contributed by atoms with E-state index in [9.17, 15) is 9.70 Å². The van der Waals surface area contributed by atoms with Crippen LogP contribution in [0.25, 0.3) is 5.65 Å². The van der Waals surface area contributed by atoms with Gasteiger partial charge in [-0.05, 0) is 35.0 Å².